The predicted molar refractivity (Wildman–Crippen MR) is 50.6 cm³/mol. The maximum absolute atomic E-state index is 10.5. The second kappa shape index (κ2) is 8.50. The Hall–Kier alpha value is -1.10. The molecule has 0 heterocycles. The van der Waals surface area contributed by atoms with Crippen LogP contribution in [0.1, 0.15) is 26.2 Å². The van der Waals surface area contributed by atoms with Gasteiger partial charge in [0.15, 0.2) is 0 Å². The lowest BCUT2D eigenvalue weighted by atomic mass is 10.2. The van der Waals surface area contributed by atoms with Crippen LogP contribution in [0.2, 0.25) is 0 Å². The van der Waals surface area contributed by atoms with Crippen LogP contribution in [0.25, 0.3) is 0 Å². The molecule has 1 amide bonds. The summed E-state index contributed by atoms with van der Waals surface area (Å²) in [5.74, 6) is -0.622. The van der Waals surface area contributed by atoms with Crippen LogP contribution >= 0.6 is 0 Å². The number of aliphatic hydroxyl groups excluding tert-OH is 1. The van der Waals surface area contributed by atoms with Gasteiger partial charge in [-0.3, -0.25) is 4.79 Å². The van der Waals surface area contributed by atoms with Crippen molar-refractivity contribution in [2.24, 2.45) is 0 Å². The molecule has 0 unspecified atom stereocenters. The van der Waals surface area contributed by atoms with E-state index >= 15 is 0 Å². The summed E-state index contributed by atoms with van der Waals surface area (Å²) >= 11 is 0. The van der Waals surface area contributed by atoms with E-state index in [4.69, 9.17) is 5.11 Å². The Labute approximate surface area is 83.4 Å². The number of esters is 1. The van der Waals surface area contributed by atoms with E-state index in [1.165, 1.54) is 6.92 Å². The van der Waals surface area contributed by atoms with Gasteiger partial charge < -0.3 is 15.2 Å². The lowest BCUT2D eigenvalue weighted by Gasteiger charge is -2.03. The molecule has 0 radical (unpaired) electrons. The summed E-state index contributed by atoms with van der Waals surface area (Å²) in [6.45, 7) is 1.90. The molecule has 0 aromatic rings. The van der Waals surface area contributed by atoms with E-state index < -0.39 is 12.6 Å². The average Bonchev–Trinajstić information content (AvgIpc) is 2.15. The number of ether oxygens (including phenoxy) is 1. The topological polar surface area (TPSA) is 75.6 Å². The lowest BCUT2D eigenvalue weighted by molar-refractivity contribution is -0.147. The van der Waals surface area contributed by atoms with Crippen molar-refractivity contribution in [2.75, 3.05) is 19.8 Å². The summed E-state index contributed by atoms with van der Waals surface area (Å²) in [7, 11) is 0. The minimum Gasteiger partial charge on any atom is -0.464 e. The molecule has 0 saturated heterocycles. The van der Waals surface area contributed by atoms with Gasteiger partial charge in [-0.1, -0.05) is 0 Å². The highest BCUT2D eigenvalue weighted by molar-refractivity contribution is 5.72. The smallest absolute Gasteiger partial charge is 0.331 e. The predicted octanol–water partition coefficient (Wildman–Crippen LogP) is -0.172. The Morgan fingerprint density at radius 3 is 2.57 bits per heavy atom. The molecule has 0 bridgehead atoms. The lowest BCUT2D eigenvalue weighted by Crippen LogP contribution is -2.20. The molecule has 0 spiro atoms. The fraction of sp³-hybridized carbons (Fsp3) is 0.778. The highest BCUT2D eigenvalue weighted by atomic mass is 16.5. The zero-order valence-electron chi connectivity index (χ0n) is 8.41. The van der Waals surface area contributed by atoms with Crippen molar-refractivity contribution in [3.05, 3.63) is 0 Å². The fourth-order valence-corrected chi connectivity index (χ4v) is 0.900. The number of amides is 1. The molecule has 0 aromatic carbocycles. The summed E-state index contributed by atoms with van der Waals surface area (Å²) in [5.41, 5.74) is 0. The van der Waals surface area contributed by atoms with Crippen molar-refractivity contribution in [3.8, 4) is 0 Å². The second-order valence-electron chi connectivity index (χ2n) is 2.92. The first-order valence-electron chi connectivity index (χ1n) is 4.67. The highest BCUT2D eigenvalue weighted by Gasteiger charge is 1.98. The minimum absolute atomic E-state index is 0.0308. The molecule has 0 aliphatic rings. The van der Waals surface area contributed by atoms with Crippen LogP contribution in [-0.2, 0) is 14.3 Å². The van der Waals surface area contributed by atoms with Crippen LogP contribution in [0.3, 0.4) is 0 Å². The summed E-state index contributed by atoms with van der Waals surface area (Å²) < 4.78 is 4.64. The SMILES string of the molecule is CC(=O)NCCCCCOC(=O)CO. The van der Waals surface area contributed by atoms with E-state index in [2.05, 4.69) is 10.1 Å². The molecule has 0 atom stereocenters. The van der Waals surface area contributed by atoms with Crippen LogP contribution in [0.5, 0.6) is 0 Å². The van der Waals surface area contributed by atoms with Gasteiger partial charge in [0.2, 0.25) is 5.91 Å². The number of carbonyl (C=O) groups is 2. The van der Waals surface area contributed by atoms with Gasteiger partial charge in [0.25, 0.3) is 0 Å². The van der Waals surface area contributed by atoms with E-state index in [9.17, 15) is 9.59 Å². The standard InChI is InChI=1S/C9H17NO4/c1-8(12)10-5-3-2-4-6-14-9(13)7-11/h11H,2-7H2,1H3,(H,10,12). The molecule has 5 heteroatoms. The van der Waals surface area contributed by atoms with Crippen molar-refractivity contribution in [1.29, 1.82) is 0 Å². The molecule has 0 aliphatic carbocycles. The van der Waals surface area contributed by atoms with Gasteiger partial charge in [0.05, 0.1) is 6.61 Å². The van der Waals surface area contributed by atoms with Gasteiger partial charge in [-0.25, -0.2) is 4.79 Å². The molecular formula is C9H17NO4. The third-order valence-corrected chi connectivity index (χ3v) is 1.59. The van der Waals surface area contributed by atoms with Gasteiger partial charge in [-0.2, -0.15) is 0 Å². The Balaban J connectivity index is 3.06. The summed E-state index contributed by atoms with van der Waals surface area (Å²) in [4.78, 5) is 20.9. The highest BCUT2D eigenvalue weighted by Crippen LogP contribution is 1.94. The average molecular weight is 203 g/mol. The van der Waals surface area contributed by atoms with E-state index in [1.54, 1.807) is 0 Å². The Kier molecular flexibility index (Phi) is 7.83. The first-order chi connectivity index (χ1) is 6.66. The van der Waals surface area contributed by atoms with Gasteiger partial charge >= 0.3 is 5.97 Å². The van der Waals surface area contributed by atoms with Gasteiger partial charge in [-0.05, 0) is 19.3 Å². The van der Waals surface area contributed by atoms with Crippen LogP contribution in [0.15, 0.2) is 0 Å². The number of rotatable bonds is 7. The minimum atomic E-state index is -0.591. The van der Waals surface area contributed by atoms with Crippen molar-refractivity contribution >= 4 is 11.9 Å². The summed E-state index contributed by atoms with van der Waals surface area (Å²) in [6, 6.07) is 0. The molecule has 0 fully saturated rings. The van der Waals surface area contributed by atoms with Crippen molar-refractivity contribution in [2.45, 2.75) is 26.2 Å². The third-order valence-electron chi connectivity index (χ3n) is 1.59. The number of aliphatic hydroxyl groups is 1. The quantitative estimate of drug-likeness (QED) is 0.445. The first-order valence-corrected chi connectivity index (χ1v) is 4.67. The Bertz CT molecular complexity index is 182. The van der Waals surface area contributed by atoms with Crippen LogP contribution < -0.4 is 5.32 Å². The number of hydrogen-bond acceptors (Lipinski definition) is 4. The number of unbranched alkanes of at least 4 members (excludes halogenated alkanes) is 2. The summed E-state index contributed by atoms with van der Waals surface area (Å²) in [6.07, 6.45) is 2.51. The Morgan fingerprint density at radius 2 is 2.00 bits per heavy atom. The molecule has 82 valence electrons. The second-order valence-corrected chi connectivity index (χ2v) is 2.92. The number of hydrogen-bond donors (Lipinski definition) is 2. The first kappa shape index (κ1) is 12.9. The van der Waals surface area contributed by atoms with Crippen LogP contribution in [-0.4, -0.2) is 36.7 Å². The maximum Gasteiger partial charge on any atom is 0.331 e. The van der Waals surface area contributed by atoms with E-state index in [0.29, 0.717) is 13.2 Å². The monoisotopic (exact) mass is 203 g/mol. The molecule has 0 rings (SSSR count). The number of nitrogens with one attached hydrogen (secondary N) is 1. The van der Waals surface area contributed by atoms with Crippen molar-refractivity contribution in [3.63, 3.8) is 0 Å². The molecule has 2 N–H and O–H groups in total. The molecular weight excluding hydrogens is 186 g/mol. The van der Waals surface area contributed by atoms with E-state index in [1.807, 2.05) is 0 Å². The molecule has 14 heavy (non-hydrogen) atoms. The molecule has 5 nitrogen and oxygen atoms in total. The van der Waals surface area contributed by atoms with Gasteiger partial charge in [0, 0.05) is 13.5 Å². The Morgan fingerprint density at radius 1 is 1.29 bits per heavy atom. The maximum atomic E-state index is 10.5. The number of carbonyl (C=O) groups excluding carboxylic acids is 2. The van der Waals surface area contributed by atoms with Crippen LogP contribution in [0, 0.1) is 0 Å². The molecule has 0 aromatic heterocycles. The largest absolute Gasteiger partial charge is 0.464 e. The van der Waals surface area contributed by atoms with Crippen molar-refractivity contribution < 1.29 is 19.4 Å². The summed E-state index contributed by atoms with van der Waals surface area (Å²) in [5, 5.41) is 11.0. The molecule has 0 aliphatic heterocycles. The fourth-order valence-electron chi connectivity index (χ4n) is 0.900. The third kappa shape index (κ3) is 8.99. The zero-order chi connectivity index (χ0) is 10.8. The normalized spacial score (nSPS) is 9.57. The zero-order valence-corrected chi connectivity index (χ0v) is 8.41. The van der Waals surface area contributed by atoms with E-state index in [-0.39, 0.29) is 5.91 Å². The molecule has 0 saturated carbocycles. The van der Waals surface area contributed by atoms with E-state index in [0.717, 1.165) is 19.3 Å². The van der Waals surface area contributed by atoms with Crippen molar-refractivity contribution in [1.82, 2.24) is 5.32 Å². The van der Waals surface area contributed by atoms with Gasteiger partial charge in [0.1, 0.15) is 6.61 Å². The van der Waals surface area contributed by atoms with Gasteiger partial charge in [-0.15, -0.1) is 0 Å². The van der Waals surface area contributed by atoms with Crippen LogP contribution in [0.4, 0.5) is 0 Å².